The van der Waals surface area contributed by atoms with Gasteiger partial charge in [-0.3, -0.25) is 14.5 Å². The van der Waals surface area contributed by atoms with Gasteiger partial charge in [0.1, 0.15) is 5.00 Å². The van der Waals surface area contributed by atoms with Gasteiger partial charge in [0.2, 0.25) is 0 Å². The Bertz CT molecular complexity index is 1750. The molecule has 2 amide bonds. The number of hydrogen-bond donors (Lipinski definition) is 4. The lowest BCUT2D eigenvalue weighted by Crippen LogP contribution is -2.52. The lowest BCUT2D eigenvalue weighted by atomic mass is 9.95. The number of rotatable bonds is 11. The van der Waals surface area contributed by atoms with Gasteiger partial charge in [0.25, 0.3) is 11.8 Å². The molecule has 0 spiro atoms. The Morgan fingerprint density at radius 3 is 2.35 bits per heavy atom. The number of hydrogen-bond acceptors (Lipinski definition) is 8. The van der Waals surface area contributed by atoms with Gasteiger partial charge in [-0.15, -0.1) is 11.3 Å². The maximum absolute atomic E-state index is 13.8. The molecule has 1 fully saturated rings. The van der Waals surface area contributed by atoms with Crippen molar-refractivity contribution in [2.45, 2.75) is 51.1 Å². The molecule has 9 nitrogen and oxygen atoms in total. The lowest BCUT2D eigenvalue weighted by molar-refractivity contribution is 0.0600. The van der Waals surface area contributed by atoms with Crippen LogP contribution in [0, 0.1) is 0 Å². The predicted molar refractivity (Wildman–Crippen MR) is 189 cm³/mol. The lowest BCUT2D eigenvalue weighted by Gasteiger charge is -2.35. The van der Waals surface area contributed by atoms with Crippen molar-refractivity contribution in [2.75, 3.05) is 44.0 Å². The average molecular weight is 667 g/mol. The molecule has 4 aromatic rings. The van der Waals surface area contributed by atoms with Crippen LogP contribution in [0.15, 0.2) is 72.8 Å². The van der Waals surface area contributed by atoms with E-state index < -0.39 is 0 Å². The topological polar surface area (TPSA) is 120 Å². The summed E-state index contributed by atoms with van der Waals surface area (Å²) in [6.07, 6.45) is 5.44. The van der Waals surface area contributed by atoms with Gasteiger partial charge in [-0.25, -0.2) is 4.79 Å². The summed E-state index contributed by atoms with van der Waals surface area (Å²) >= 11 is 1.51. The van der Waals surface area contributed by atoms with Gasteiger partial charge < -0.3 is 25.8 Å². The molecule has 2 heterocycles. The second-order valence-electron chi connectivity index (χ2n) is 12.4. The first-order valence-corrected chi connectivity index (χ1v) is 17.4. The first-order chi connectivity index (χ1) is 23.4. The van der Waals surface area contributed by atoms with Crippen molar-refractivity contribution in [3.8, 4) is 0 Å². The van der Waals surface area contributed by atoms with Gasteiger partial charge in [-0.05, 0) is 97.2 Å². The zero-order chi connectivity index (χ0) is 33.5. The minimum absolute atomic E-state index is 0.0458. The molecule has 1 saturated heterocycles. The number of carbonyl (C=O) groups excluding carboxylic acids is 3. The molecule has 6 rings (SSSR count). The fraction of sp³-hybridized carbons (Fsp3) is 0.342. The second-order valence-corrected chi connectivity index (χ2v) is 13.5. The molecule has 1 aliphatic heterocycles. The largest absolute Gasteiger partial charge is 0.465 e. The Balaban J connectivity index is 1.12. The molecule has 3 aromatic carbocycles. The van der Waals surface area contributed by atoms with Crippen LogP contribution >= 0.6 is 11.3 Å². The molecule has 0 saturated carbocycles. The normalized spacial score (nSPS) is 16.2. The Morgan fingerprint density at radius 2 is 1.62 bits per heavy atom. The highest BCUT2D eigenvalue weighted by Crippen LogP contribution is 2.39. The highest BCUT2D eigenvalue weighted by Gasteiger charge is 2.27. The number of anilines is 2. The predicted octanol–water partition coefficient (Wildman–Crippen LogP) is 5.47. The van der Waals surface area contributed by atoms with Crippen LogP contribution in [0.4, 0.5) is 10.7 Å². The van der Waals surface area contributed by atoms with Gasteiger partial charge in [-0.1, -0.05) is 36.4 Å². The van der Waals surface area contributed by atoms with E-state index in [1.54, 1.807) is 18.2 Å². The molecule has 48 heavy (non-hydrogen) atoms. The van der Waals surface area contributed by atoms with Crippen molar-refractivity contribution in [3.05, 3.63) is 117 Å². The Morgan fingerprint density at radius 1 is 0.896 bits per heavy atom. The van der Waals surface area contributed by atoms with Gasteiger partial charge in [-0.2, -0.15) is 0 Å². The number of methoxy groups -OCH3 is 1. The molecule has 10 heteroatoms. The van der Waals surface area contributed by atoms with E-state index in [0.717, 1.165) is 80.4 Å². The van der Waals surface area contributed by atoms with E-state index in [1.165, 1.54) is 23.3 Å². The first-order valence-electron chi connectivity index (χ1n) is 16.6. The summed E-state index contributed by atoms with van der Waals surface area (Å²) in [6.45, 7) is 3.17. The summed E-state index contributed by atoms with van der Waals surface area (Å²) in [5.41, 5.74) is 6.63. The van der Waals surface area contributed by atoms with Crippen molar-refractivity contribution in [1.29, 1.82) is 0 Å². The molecule has 250 valence electrons. The number of fused-ring (bicyclic) bond motifs is 1. The molecule has 1 atom stereocenters. The number of benzene rings is 3. The number of nitrogens with one attached hydrogen (secondary N) is 3. The van der Waals surface area contributed by atoms with E-state index in [-0.39, 0.29) is 30.4 Å². The third kappa shape index (κ3) is 8.02. The number of piperazine rings is 1. The number of aryl methyl sites for hydroxylation is 3. The van der Waals surface area contributed by atoms with Crippen molar-refractivity contribution in [3.63, 3.8) is 0 Å². The van der Waals surface area contributed by atoms with Crippen LogP contribution in [0.3, 0.4) is 0 Å². The molecular formula is C38H42N4O5S. The van der Waals surface area contributed by atoms with E-state index in [9.17, 15) is 19.5 Å². The second kappa shape index (κ2) is 15.7. The number of carbonyl (C=O) groups is 3. The van der Waals surface area contributed by atoms with Crippen LogP contribution in [0.5, 0.6) is 0 Å². The smallest absolute Gasteiger partial charge is 0.337 e. The maximum Gasteiger partial charge on any atom is 0.337 e. The number of aliphatic hydroxyl groups is 1. The van der Waals surface area contributed by atoms with E-state index in [4.69, 9.17) is 4.74 Å². The highest BCUT2D eigenvalue weighted by atomic mass is 32.1. The van der Waals surface area contributed by atoms with Gasteiger partial charge in [0.05, 0.1) is 24.8 Å². The fourth-order valence-electron chi connectivity index (χ4n) is 6.47. The van der Waals surface area contributed by atoms with Crippen molar-refractivity contribution in [1.82, 2.24) is 10.2 Å². The number of amides is 2. The maximum atomic E-state index is 13.8. The zero-order valence-corrected chi connectivity index (χ0v) is 28.0. The van der Waals surface area contributed by atoms with Crippen LogP contribution in [-0.4, -0.2) is 67.2 Å². The summed E-state index contributed by atoms with van der Waals surface area (Å²) in [5, 5.41) is 19.9. The number of esters is 1. The molecule has 2 aliphatic rings. The van der Waals surface area contributed by atoms with Crippen LogP contribution in [0.2, 0.25) is 0 Å². The quantitative estimate of drug-likeness (QED) is 0.157. The van der Waals surface area contributed by atoms with Gasteiger partial charge >= 0.3 is 5.97 Å². The molecule has 1 aliphatic carbocycles. The molecule has 1 aromatic heterocycles. The Hall–Kier alpha value is -4.35. The van der Waals surface area contributed by atoms with Crippen LogP contribution < -0.4 is 16.0 Å². The fourth-order valence-corrected chi connectivity index (χ4v) is 7.75. The number of ether oxygens (including phenoxy) is 1. The van der Waals surface area contributed by atoms with E-state index in [0.29, 0.717) is 33.9 Å². The summed E-state index contributed by atoms with van der Waals surface area (Å²) in [5.74, 6) is -0.806. The standard InChI is InChI=1S/C38H42N4O5S/c1-47-38(46)28-15-11-25(12-16-28)9-10-26-13-17-30(18-14-26)40-36(45)34-32-7-2-3-8-33(32)48-37(34)41-35(44)29-6-4-5-27(21-29)23-42-20-19-39-22-31(42)24-43/h4-6,11-18,21,31,39,43H,2-3,7-10,19-20,22-24H2,1H3,(H,40,45)(H,41,44). The number of aliphatic hydroxyl groups excluding tert-OH is 1. The third-order valence-electron chi connectivity index (χ3n) is 9.17. The van der Waals surface area contributed by atoms with E-state index >= 15 is 0 Å². The summed E-state index contributed by atoms with van der Waals surface area (Å²) in [4.78, 5) is 42.5. The molecule has 0 radical (unpaired) electrons. The Labute approximate surface area is 285 Å². The number of thiophene rings is 1. The van der Waals surface area contributed by atoms with E-state index in [2.05, 4.69) is 20.9 Å². The molecular weight excluding hydrogens is 625 g/mol. The SMILES string of the molecule is COC(=O)c1ccc(CCc2ccc(NC(=O)c3c(NC(=O)c4cccc(CN5CCNCC5CO)c4)sc4c3CCCC4)cc2)cc1. The van der Waals surface area contributed by atoms with Crippen LogP contribution in [0.25, 0.3) is 0 Å². The summed E-state index contributed by atoms with van der Waals surface area (Å²) < 4.78 is 4.77. The average Bonchev–Trinajstić information content (AvgIpc) is 3.49. The van der Waals surface area contributed by atoms with E-state index in [1.807, 2.05) is 54.6 Å². The minimum Gasteiger partial charge on any atom is -0.465 e. The summed E-state index contributed by atoms with van der Waals surface area (Å²) in [7, 11) is 1.37. The molecule has 0 bridgehead atoms. The monoisotopic (exact) mass is 666 g/mol. The Kier molecular flexibility index (Phi) is 11.0. The first kappa shape index (κ1) is 33.5. The third-order valence-corrected chi connectivity index (χ3v) is 10.4. The van der Waals surface area contributed by atoms with Crippen LogP contribution in [0.1, 0.15) is 71.0 Å². The summed E-state index contributed by atoms with van der Waals surface area (Å²) in [6, 6.07) is 22.9. The van der Waals surface area contributed by atoms with Crippen molar-refractivity contribution in [2.24, 2.45) is 0 Å². The number of nitrogens with zero attached hydrogens (tertiary/aromatic N) is 1. The highest BCUT2D eigenvalue weighted by molar-refractivity contribution is 7.17. The zero-order valence-electron chi connectivity index (χ0n) is 27.2. The molecule has 4 N–H and O–H groups in total. The van der Waals surface area contributed by atoms with Gasteiger partial charge in [0, 0.05) is 48.3 Å². The minimum atomic E-state index is -0.346. The van der Waals surface area contributed by atoms with Crippen molar-refractivity contribution >= 4 is 39.8 Å². The van der Waals surface area contributed by atoms with Gasteiger partial charge in [0.15, 0.2) is 0 Å². The van der Waals surface area contributed by atoms with Crippen molar-refractivity contribution < 1.29 is 24.2 Å². The molecule has 1 unspecified atom stereocenters. The van der Waals surface area contributed by atoms with Crippen LogP contribution in [-0.2, 0) is 37.0 Å².